The Morgan fingerprint density at radius 1 is 1.16 bits per heavy atom. The van der Waals surface area contributed by atoms with Crippen LogP contribution in [0.15, 0.2) is 42.5 Å². The van der Waals surface area contributed by atoms with E-state index in [9.17, 15) is 18.3 Å². The summed E-state index contributed by atoms with van der Waals surface area (Å²) in [5.41, 5.74) is 4.20. The number of aliphatic hydroxyl groups is 1. The van der Waals surface area contributed by atoms with E-state index in [1.54, 1.807) is 19.2 Å². The molecule has 1 unspecified atom stereocenters. The molecule has 7 nitrogen and oxygen atoms in total. The highest BCUT2D eigenvalue weighted by atomic mass is 19.4. The lowest BCUT2D eigenvalue weighted by Crippen LogP contribution is -2.43. The summed E-state index contributed by atoms with van der Waals surface area (Å²) in [6, 6.07) is 13.1. The number of alkyl halides is 3. The summed E-state index contributed by atoms with van der Waals surface area (Å²) in [5, 5.41) is 22.5. The van der Waals surface area contributed by atoms with Crippen LogP contribution in [-0.4, -0.2) is 76.4 Å². The number of piperidine rings is 1. The molecule has 5 rings (SSSR count). The lowest BCUT2D eigenvalue weighted by molar-refractivity contribution is -0.139. The van der Waals surface area contributed by atoms with Gasteiger partial charge in [-0.25, -0.2) is 0 Å². The number of ether oxygens (including phenoxy) is 1. The van der Waals surface area contributed by atoms with E-state index in [2.05, 4.69) is 20.4 Å². The van der Waals surface area contributed by atoms with Crippen molar-refractivity contribution in [2.45, 2.75) is 44.6 Å². The van der Waals surface area contributed by atoms with Crippen molar-refractivity contribution in [2.24, 2.45) is 0 Å². The van der Waals surface area contributed by atoms with Crippen molar-refractivity contribution in [3.05, 3.63) is 48.2 Å². The first-order chi connectivity index (χ1) is 17.7. The van der Waals surface area contributed by atoms with Crippen LogP contribution in [0.1, 0.15) is 18.5 Å². The first-order valence-corrected chi connectivity index (χ1v) is 12.5. The van der Waals surface area contributed by atoms with Gasteiger partial charge in [0.05, 0.1) is 23.7 Å². The monoisotopic (exact) mass is 515 g/mol. The number of aryl methyl sites for hydroxylation is 1. The van der Waals surface area contributed by atoms with Gasteiger partial charge in [0, 0.05) is 66.2 Å². The number of rotatable bonds is 8. The Morgan fingerprint density at radius 3 is 2.68 bits per heavy atom. The molecule has 0 radical (unpaired) electrons. The number of aliphatic hydroxyl groups excluding tert-OH is 1. The Hall–Kier alpha value is -3.08. The van der Waals surface area contributed by atoms with E-state index in [1.807, 2.05) is 37.3 Å². The Balaban J connectivity index is 1.43. The van der Waals surface area contributed by atoms with Crippen molar-refractivity contribution in [1.82, 2.24) is 19.7 Å². The number of β-amino-alcohol motifs (C(OH)–C–C–N with tert-alkyl or cyclic N) is 1. The molecule has 2 aromatic carbocycles. The summed E-state index contributed by atoms with van der Waals surface area (Å²) in [4.78, 5) is 2.22. The van der Waals surface area contributed by atoms with Crippen LogP contribution >= 0.6 is 0 Å². The quantitative estimate of drug-likeness (QED) is 0.310. The van der Waals surface area contributed by atoms with Gasteiger partial charge in [-0.1, -0.05) is 18.2 Å². The zero-order valence-corrected chi connectivity index (χ0v) is 21.0. The van der Waals surface area contributed by atoms with Gasteiger partial charge in [-0.3, -0.25) is 5.10 Å². The third kappa shape index (κ3) is 5.61. The number of halogens is 3. The van der Waals surface area contributed by atoms with Gasteiger partial charge in [0.15, 0.2) is 0 Å². The molecular weight excluding hydrogens is 483 g/mol. The summed E-state index contributed by atoms with van der Waals surface area (Å²) in [5.74, 6) is 0. The molecule has 3 N–H and O–H groups in total. The van der Waals surface area contributed by atoms with Crippen molar-refractivity contribution in [3.63, 3.8) is 0 Å². The number of hydrogen-bond donors (Lipinski definition) is 3. The number of methoxy groups -OCH3 is 1. The van der Waals surface area contributed by atoms with Gasteiger partial charge in [-0.15, -0.1) is 0 Å². The van der Waals surface area contributed by atoms with Crippen molar-refractivity contribution in [2.75, 3.05) is 38.7 Å². The summed E-state index contributed by atoms with van der Waals surface area (Å²) in [6.45, 7) is 3.38. The molecule has 10 heteroatoms. The van der Waals surface area contributed by atoms with Crippen LogP contribution in [0.2, 0.25) is 0 Å². The zero-order valence-electron chi connectivity index (χ0n) is 21.0. The van der Waals surface area contributed by atoms with E-state index in [-0.39, 0.29) is 6.04 Å². The van der Waals surface area contributed by atoms with Gasteiger partial charge in [0.25, 0.3) is 0 Å². The highest BCUT2D eigenvalue weighted by Gasteiger charge is 2.31. The van der Waals surface area contributed by atoms with Gasteiger partial charge in [0.2, 0.25) is 0 Å². The molecule has 0 saturated carbocycles. The number of likely N-dealkylation sites (tertiary alicyclic amines) is 1. The van der Waals surface area contributed by atoms with Gasteiger partial charge in [0.1, 0.15) is 6.54 Å². The fraction of sp³-hybridized carbons (Fsp3) is 0.444. The maximum atomic E-state index is 13.7. The number of aromatic amines is 1. The fourth-order valence-corrected chi connectivity index (χ4v) is 5.33. The average Bonchev–Trinajstić information content (AvgIpc) is 3.40. The average molecular weight is 516 g/mol. The second kappa shape index (κ2) is 10.4. The highest BCUT2D eigenvalue weighted by Crippen LogP contribution is 2.36. The van der Waals surface area contributed by atoms with Crippen LogP contribution in [0.5, 0.6) is 0 Å². The molecule has 1 aliphatic rings. The third-order valence-corrected chi connectivity index (χ3v) is 7.10. The zero-order chi connectivity index (χ0) is 26.2. The van der Waals surface area contributed by atoms with E-state index < -0.39 is 18.8 Å². The topological polar surface area (TPSA) is 78.3 Å². The van der Waals surface area contributed by atoms with E-state index in [0.717, 1.165) is 53.6 Å². The summed E-state index contributed by atoms with van der Waals surface area (Å²) < 4.78 is 47.4. The number of anilines is 1. The van der Waals surface area contributed by atoms with Crippen LogP contribution in [0.25, 0.3) is 33.1 Å². The minimum Gasteiger partial charge on any atom is -0.389 e. The maximum absolute atomic E-state index is 13.7. The molecule has 1 aliphatic heterocycles. The molecule has 0 amide bonds. The van der Waals surface area contributed by atoms with Gasteiger partial charge < -0.3 is 24.6 Å². The first-order valence-electron chi connectivity index (χ1n) is 12.5. The lowest BCUT2D eigenvalue weighted by Gasteiger charge is -2.34. The molecule has 1 saturated heterocycles. The Morgan fingerprint density at radius 2 is 1.95 bits per heavy atom. The van der Waals surface area contributed by atoms with Crippen molar-refractivity contribution >= 4 is 27.5 Å². The number of benzene rings is 2. The molecule has 0 spiro atoms. The molecule has 37 heavy (non-hydrogen) atoms. The summed E-state index contributed by atoms with van der Waals surface area (Å²) in [7, 11) is 1.57. The molecule has 2 aromatic heterocycles. The lowest BCUT2D eigenvalue weighted by atomic mass is 10.0. The van der Waals surface area contributed by atoms with Gasteiger partial charge in [-0.2, -0.15) is 18.3 Å². The van der Waals surface area contributed by atoms with Crippen LogP contribution < -0.4 is 5.32 Å². The summed E-state index contributed by atoms with van der Waals surface area (Å²) >= 11 is 0. The number of hydrogen-bond acceptors (Lipinski definition) is 5. The fourth-order valence-electron chi connectivity index (χ4n) is 5.33. The Labute approximate surface area is 213 Å². The molecule has 3 heterocycles. The molecule has 1 fully saturated rings. The molecular formula is C27H32F3N5O2. The minimum atomic E-state index is -4.36. The molecule has 4 aromatic rings. The van der Waals surface area contributed by atoms with Gasteiger partial charge in [-0.05, 0) is 44.0 Å². The number of nitrogens with one attached hydrogen (secondary N) is 2. The number of fused-ring (bicyclic) bond motifs is 2. The second-order valence-electron chi connectivity index (χ2n) is 9.88. The van der Waals surface area contributed by atoms with Gasteiger partial charge >= 0.3 is 6.18 Å². The van der Waals surface area contributed by atoms with Crippen molar-refractivity contribution in [3.8, 4) is 11.3 Å². The smallest absolute Gasteiger partial charge is 0.389 e. The maximum Gasteiger partial charge on any atom is 0.406 e. The van der Waals surface area contributed by atoms with E-state index in [1.165, 1.54) is 4.57 Å². The second-order valence-corrected chi connectivity index (χ2v) is 9.88. The van der Waals surface area contributed by atoms with Crippen LogP contribution in [-0.2, 0) is 11.3 Å². The predicted molar refractivity (Wildman–Crippen MR) is 139 cm³/mol. The molecule has 0 bridgehead atoms. The number of aromatic nitrogens is 3. The van der Waals surface area contributed by atoms with Crippen molar-refractivity contribution in [1.29, 1.82) is 0 Å². The SMILES string of the molecule is COCC(O)CN1CCC(Nc2cccc3c2cc(-c2ccc4c(C)[nH]nc4c2)n3CC(F)(F)F)CC1. The Bertz CT molecular complexity index is 1370. The highest BCUT2D eigenvalue weighted by molar-refractivity contribution is 5.97. The predicted octanol–water partition coefficient (Wildman–Crippen LogP) is 4.94. The third-order valence-electron chi connectivity index (χ3n) is 7.10. The molecule has 198 valence electrons. The van der Waals surface area contributed by atoms with Crippen molar-refractivity contribution < 1.29 is 23.0 Å². The summed E-state index contributed by atoms with van der Waals surface area (Å²) in [6.07, 6.45) is -3.13. The standard InChI is InChI=1S/C27H32F3N5O2/c1-17-21-7-6-18(12-24(21)33-32-17)26-13-22-23(4-3-5-25(22)35(26)16-27(28,29)30)31-19-8-10-34(11-9-19)14-20(36)15-37-2/h3-7,12-13,19-20,31,36H,8-11,14-16H2,1-2H3,(H,32,33). The number of H-pyrrole nitrogens is 1. The van der Waals surface area contributed by atoms with E-state index >= 15 is 0 Å². The first kappa shape index (κ1) is 25.6. The Kier molecular flexibility index (Phi) is 7.15. The molecule has 0 aliphatic carbocycles. The van der Waals surface area contributed by atoms with Crippen LogP contribution in [0.4, 0.5) is 18.9 Å². The number of nitrogens with zero attached hydrogens (tertiary/aromatic N) is 3. The minimum absolute atomic E-state index is 0.194. The van der Waals surface area contributed by atoms with Crippen LogP contribution in [0, 0.1) is 6.92 Å². The largest absolute Gasteiger partial charge is 0.406 e. The van der Waals surface area contributed by atoms with Crippen LogP contribution in [0.3, 0.4) is 0 Å². The van der Waals surface area contributed by atoms with E-state index in [4.69, 9.17) is 4.74 Å². The molecule has 1 atom stereocenters. The normalized spacial score (nSPS) is 16.6. The van der Waals surface area contributed by atoms with E-state index in [0.29, 0.717) is 29.9 Å².